The van der Waals surface area contributed by atoms with E-state index in [-0.39, 0.29) is 5.91 Å². The molecule has 1 aliphatic heterocycles. The van der Waals surface area contributed by atoms with Gasteiger partial charge < -0.3 is 5.32 Å². The molecular weight excluding hydrogens is 346 g/mol. The molecule has 0 aliphatic carbocycles. The summed E-state index contributed by atoms with van der Waals surface area (Å²) in [6.45, 7) is 10.3. The fourth-order valence-electron chi connectivity index (χ4n) is 3.53. The Kier molecular flexibility index (Phi) is 7.40. The van der Waals surface area contributed by atoms with Gasteiger partial charge in [0.05, 0.1) is 0 Å². The second-order valence-electron chi connectivity index (χ2n) is 7.48. The van der Waals surface area contributed by atoms with Gasteiger partial charge >= 0.3 is 0 Å². The van der Waals surface area contributed by atoms with Gasteiger partial charge in [0, 0.05) is 50.5 Å². The zero-order valence-corrected chi connectivity index (χ0v) is 17.0. The normalized spacial score (nSPS) is 16.1. The van der Waals surface area contributed by atoms with Gasteiger partial charge in [-0.1, -0.05) is 55.5 Å². The van der Waals surface area contributed by atoms with E-state index >= 15 is 0 Å². The summed E-state index contributed by atoms with van der Waals surface area (Å²) in [7, 11) is 0. The van der Waals surface area contributed by atoms with E-state index in [4.69, 9.17) is 0 Å². The van der Waals surface area contributed by atoms with Crippen LogP contribution in [-0.4, -0.2) is 41.9 Å². The molecule has 28 heavy (non-hydrogen) atoms. The Bertz CT molecular complexity index is 775. The average molecular weight is 378 g/mol. The third kappa shape index (κ3) is 6.04. The van der Waals surface area contributed by atoms with Crippen LogP contribution in [0.3, 0.4) is 0 Å². The van der Waals surface area contributed by atoms with Crippen molar-refractivity contribution in [2.75, 3.05) is 31.5 Å². The number of nitrogens with one attached hydrogen (secondary N) is 1. The van der Waals surface area contributed by atoms with E-state index in [0.29, 0.717) is 0 Å². The highest BCUT2D eigenvalue weighted by molar-refractivity contribution is 6.03. The van der Waals surface area contributed by atoms with Crippen LogP contribution in [0.25, 0.3) is 0 Å². The molecule has 0 bridgehead atoms. The van der Waals surface area contributed by atoms with Gasteiger partial charge in [-0.3, -0.25) is 14.6 Å². The van der Waals surface area contributed by atoms with Crippen LogP contribution in [0, 0.1) is 0 Å². The Morgan fingerprint density at radius 2 is 1.43 bits per heavy atom. The molecule has 0 atom stereocenters. The summed E-state index contributed by atoms with van der Waals surface area (Å²) in [5, 5.41) is 2.96. The molecule has 0 spiro atoms. The molecule has 0 aromatic heterocycles. The molecule has 1 fully saturated rings. The first-order chi connectivity index (χ1) is 13.6. The summed E-state index contributed by atoms with van der Waals surface area (Å²) in [6, 6.07) is 18.9. The van der Waals surface area contributed by atoms with Crippen LogP contribution in [0.4, 0.5) is 5.69 Å². The number of nitrogens with zero attached hydrogens (tertiary/aromatic N) is 2. The van der Waals surface area contributed by atoms with Gasteiger partial charge in [-0.25, -0.2) is 0 Å². The number of carbonyl (C=O) groups is 1. The van der Waals surface area contributed by atoms with E-state index in [2.05, 4.69) is 57.6 Å². The van der Waals surface area contributed by atoms with Crippen molar-refractivity contribution in [1.29, 1.82) is 0 Å². The number of hydrogen-bond acceptors (Lipinski definition) is 3. The Hall–Kier alpha value is -2.43. The third-order valence-electron chi connectivity index (χ3n) is 5.20. The van der Waals surface area contributed by atoms with Crippen molar-refractivity contribution in [3.8, 4) is 0 Å². The van der Waals surface area contributed by atoms with Crippen molar-refractivity contribution < 1.29 is 4.79 Å². The maximum absolute atomic E-state index is 12.1. The van der Waals surface area contributed by atoms with Crippen LogP contribution in [0.5, 0.6) is 0 Å². The molecule has 1 heterocycles. The predicted molar refractivity (Wildman–Crippen MR) is 116 cm³/mol. The topological polar surface area (TPSA) is 35.6 Å². The van der Waals surface area contributed by atoms with Gasteiger partial charge in [-0.05, 0) is 36.6 Å². The van der Waals surface area contributed by atoms with E-state index in [1.54, 1.807) is 0 Å². The van der Waals surface area contributed by atoms with E-state index in [0.717, 1.165) is 56.9 Å². The van der Waals surface area contributed by atoms with Gasteiger partial charge in [0.1, 0.15) is 0 Å². The minimum atomic E-state index is -0.0239. The molecule has 1 aliphatic rings. The lowest BCUT2D eigenvalue weighted by Crippen LogP contribution is -2.45. The molecule has 148 valence electrons. The van der Waals surface area contributed by atoms with Crippen LogP contribution in [-0.2, 0) is 17.9 Å². The van der Waals surface area contributed by atoms with Gasteiger partial charge in [-0.15, -0.1) is 0 Å². The lowest BCUT2D eigenvalue weighted by molar-refractivity contribution is -0.112. The van der Waals surface area contributed by atoms with Crippen molar-refractivity contribution in [2.45, 2.75) is 33.4 Å². The molecule has 0 unspecified atom stereocenters. The zero-order valence-electron chi connectivity index (χ0n) is 17.0. The predicted octanol–water partition coefficient (Wildman–Crippen LogP) is 4.30. The summed E-state index contributed by atoms with van der Waals surface area (Å²) in [4.78, 5) is 17.1. The molecule has 4 heteroatoms. The van der Waals surface area contributed by atoms with E-state index in [1.165, 1.54) is 11.1 Å². The Morgan fingerprint density at radius 3 is 1.96 bits per heavy atom. The molecule has 0 saturated carbocycles. The van der Waals surface area contributed by atoms with Crippen molar-refractivity contribution in [3.05, 3.63) is 77.4 Å². The molecule has 1 amide bonds. The average Bonchev–Trinajstić information content (AvgIpc) is 2.72. The van der Waals surface area contributed by atoms with Crippen molar-refractivity contribution >= 4 is 11.6 Å². The number of amides is 1. The summed E-state index contributed by atoms with van der Waals surface area (Å²) in [6.07, 6.45) is 2.82. The first kappa shape index (κ1) is 20.3. The fourth-order valence-corrected chi connectivity index (χ4v) is 3.53. The minimum absolute atomic E-state index is 0.0239. The molecule has 4 nitrogen and oxygen atoms in total. The highest BCUT2D eigenvalue weighted by atomic mass is 16.1. The number of hydrogen-bond donors (Lipinski definition) is 1. The second-order valence-corrected chi connectivity index (χ2v) is 7.48. The fraction of sp³-hybridized carbons (Fsp3) is 0.375. The molecular formula is C24H31N3O. The number of rotatable bonds is 7. The van der Waals surface area contributed by atoms with E-state index in [9.17, 15) is 4.79 Å². The summed E-state index contributed by atoms with van der Waals surface area (Å²) < 4.78 is 0. The molecule has 3 rings (SSSR count). The standard InChI is InChI=1S/C24H31N3O/c1-3-7-20(2)24(28)25-23-12-10-22(11-13-23)19-27-16-14-26(15-17-27)18-21-8-5-4-6-9-21/h4-13H,3,14-19H2,1-2H3,(H,25,28). The number of benzene rings is 2. The van der Waals surface area contributed by atoms with Gasteiger partial charge in [0.25, 0.3) is 5.91 Å². The monoisotopic (exact) mass is 377 g/mol. The molecule has 2 aromatic carbocycles. The highest BCUT2D eigenvalue weighted by Gasteiger charge is 2.17. The maximum atomic E-state index is 12.1. The van der Waals surface area contributed by atoms with Gasteiger partial charge in [0.15, 0.2) is 0 Å². The van der Waals surface area contributed by atoms with Crippen molar-refractivity contribution in [1.82, 2.24) is 9.80 Å². The smallest absolute Gasteiger partial charge is 0.250 e. The maximum Gasteiger partial charge on any atom is 0.250 e. The Morgan fingerprint density at radius 1 is 0.893 bits per heavy atom. The quantitative estimate of drug-likeness (QED) is 0.731. The summed E-state index contributed by atoms with van der Waals surface area (Å²) in [5.41, 5.74) is 4.29. The highest BCUT2D eigenvalue weighted by Crippen LogP contribution is 2.15. The minimum Gasteiger partial charge on any atom is -0.322 e. The first-order valence-corrected chi connectivity index (χ1v) is 10.2. The lowest BCUT2D eigenvalue weighted by Gasteiger charge is -2.34. The lowest BCUT2D eigenvalue weighted by atomic mass is 10.1. The van der Waals surface area contributed by atoms with E-state index in [1.807, 2.05) is 32.1 Å². The number of allylic oxidation sites excluding steroid dienone is 1. The van der Waals surface area contributed by atoms with Gasteiger partial charge in [0.2, 0.25) is 0 Å². The van der Waals surface area contributed by atoms with E-state index < -0.39 is 0 Å². The van der Waals surface area contributed by atoms with Crippen LogP contribution in [0.2, 0.25) is 0 Å². The SMILES string of the molecule is CCC=C(C)C(=O)Nc1ccc(CN2CCN(Cc3ccccc3)CC2)cc1. The number of piperazine rings is 1. The second kappa shape index (κ2) is 10.2. The van der Waals surface area contributed by atoms with Crippen molar-refractivity contribution in [2.24, 2.45) is 0 Å². The van der Waals surface area contributed by atoms with Crippen LogP contribution >= 0.6 is 0 Å². The Balaban J connectivity index is 1.45. The zero-order chi connectivity index (χ0) is 19.8. The third-order valence-corrected chi connectivity index (χ3v) is 5.20. The van der Waals surface area contributed by atoms with Crippen LogP contribution in [0.15, 0.2) is 66.2 Å². The summed E-state index contributed by atoms with van der Waals surface area (Å²) >= 11 is 0. The van der Waals surface area contributed by atoms with Crippen LogP contribution < -0.4 is 5.32 Å². The molecule has 1 N–H and O–H groups in total. The molecule has 1 saturated heterocycles. The number of carbonyl (C=O) groups excluding carboxylic acids is 1. The van der Waals surface area contributed by atoms with Crippen molar-refractivity contribution in [3.63, 3.8) is 0 Å². The van der Waals surface area contributed by atoms with Gasteiger partial charge in [-0.2, -0.15) is 0 Å². The first-order valence-electron chi connectivity index (χ1n) is 10.2. The van der Waals surface area contributed by atoms with Crippen LogP contribution in [0.1, 0.15) is 31.4 Å². The molecule has 2 aromatic rings. The largest absolute Gasteiger partial charge is 0.322 e. The number of anilines is 1. The summed E-state index contributed by atoms with van der Waals surface area (Å²) in [5.74, 6) is -0.0239. The molecule has 0 radical (unpaired) electrons. The Labute approximate surface area is 168 Å².